The van der Waals surface area contributed by atoms with Crippen LogP contribution in [0.15, 0.2) is 24.3 Å². The minimum absolute atomic E-state index is 0.112. The molecule has 0 aromatic heterocycles. The summed E-state index contributed by atoms with van der Waals surface area (Å²) in [6.07, 6.45) is 6.29. The zero-order valence-electron chi connectivity index (χ0n) is 13.8. The lowest BCUT2D eigenvalue weighted by molar-refractivity contribution is -0.125. The summed E-state index contributed by atoms with van der Waals surface area (Å²) in [5.74, 6) is 1.09. The summed E-state index contributed by atoms with van der Waals surface area (Å²) in [5.41, 5.74) is 2.39. The Morgan fingerprint density at radius 2 is 1.95 bits per heavy atom. The first-order chi connectivity index (χ1) is 10.7. The number of hydrogen-bond acceptors (Lipinski definition) is 2. The van der Waals surface area contributed by atoms with Gasteiger partial charge in [0.25, 0.3) is 5.91 Å². The van der Waals surface area contributed by atoms with Crippen LogP contribution in [0.3, 0.4) is 0 Å². The van der Waals surface area contributed by atoms with Crippen molar-refractivity contribution in [1.82, 2.24) is 0 Å². The highest BCUT2D eigenvalue weighted by atomic mass is 16.5. The smallest absolute Gasteiger partial charge is 0.253 e. The molecule has 1 unspecified atom stereocenters. The van der Waals surface area contributed by atoms with Crippen LogP contribution in [0, 0.1) is 5.92 Å². The topological polar surface area (TPSA) is 29.5 Å². The van der Waals surface area contributed by atoms with E-state index < -0.39 is 0 Å². The van der Waals surface area contributed by atoms with Crippen LogP contribution in [-0.2, 0) is 9.53 Å². The van der Waals surface area contributed by atoms with Crippen molar-refractivity contribution in [3.05, 3.63) is 29.8 Å². The molecule has 0 N–H and O–H groups in total. The number of ether oxygens (including phenoxy) is 1. The summed E-state index contributed by atoms with van der Waals surface area (Å²) in [5, 5.41) is 0. The molecule has 0 bridgehead atoms. The van der Waals surface area contributed by atoms with E-state index >= 15 is 0 Å². The first-order valence-electron chi connectivity index (χ1n) is 8.67. The van der Waals surface area contributed by atoms with E-state index in [0.717, 1.165) is 25.1 Å². The molecule has 22 heavy (non-hydrogen) atoms. The summed E-state index contributed by atoms with van der Waals surface area (Å²) in [6, 6.07) is 8.32. The van der Waals surface area contributed by atoms with Gasteiger partial charge in [0, 0.05) is 18.2 Å². The maximum atomic E-state index is 12.6. The summed E-state index contributed by atoms with van der Waals surface area (Å²) in [6.45, 7) is 5.48. The number of nitrogens with zero attached hydrogens (tertiary/aromatic N) is 1. The molecule has 1 heterocycles. The summed E-state index contributed by atoms with van der Waals surface area (Å²) in [4.78, 5) is 14.6. The van der Waals surface area contributed by atoms with E-state index in [2.05, 4.69) is 32.0 Å². The lowest BCUT2D eigenvalue weighted by Gasteiger charge is -2.24. The first-order valence-corrected chi connectivity index (χ1v) is 8.67. The molecule has 1 fully saturated rings. The molecule has 0 spiro atoms. The summed E-state index contributed by atoms with van der Waals surface area (Å²) in [7, 11) is 0. The average Bonchev–Trinajstić information content (AvgIpc) is 2.93. The third kappa shape index (κ3) is 3.19. The van der Waals surface area contributed by atoms with Crippen LogP contribution in [0.4, 0.5) is 5.69 Å². The molecule has 3 rings (SSSR count). The van der Waals surface area contributed by atoms with Crippen molar-refractivity contribution in [2.45, 2.75) is 58.0 Å². The Kier molecular flexibility index (Phi) is 4.82. The van der Waals surface area contributed by atoms with Crippen LogP contribution in [0.2, 0.25) is 0 Å². The van der Waals surface area contributed by atoms with E-state index in [4.69, 9.17) is 4.74 Å². The third-order valence-corrected chi connectivity index (χ3v) is 5.11. The molecule has 3 heteroatoms. The Hall–Kier alpha value is -1.35. The number of amides is 1. The second-order valence-corrected chi connectivity index (χ2v) is 6.98. The standard InChI is InChI=1S/C19H27NO2/c1-14(2)17-12-20(18-11-7-6-10-16(17)18)19(21)13-22-15-8-4-3-5-9-15/h6-7,10-11,14-15,17H,3-5,8-9,12-13H2,1-2H3. The Labute approximate surface area is 133 Å². The van der Waals surface area contributed by atoms with Gasteiger partial charge in [0.15, 0.2) is 0 Å². The monoisotopic (exact) mass is 301 g/mol. The highest BCUT2D eigenvalue weighted by Crippen LogP contribution is 2.40. The number of benzene rings is 1. The SMILES string of the molecule is CC(C)C1CN(C(=O)COC2CCCCC2)c2ccccc21. The van der Waals surface area contributed by atoms with Gasteiger partial charge in [-0.15, -0.1) is 0 Å². The number of anilines is 1. The second kappa shape index (κ2) is 6.82. The highest BCUT2D eigenvalue weighted by molar-refractivity contribution is 5.96. The number of para-hydroxylation sites is 1. The van der Waals surface area contributed by atoms with Crippen molar-refractivity contribution in [2.75, 3.05) is 18.1 Å². The molecule has 1 aliphatic heterocycles. The minimum Gasteiger partial charge on any atom is -0.368 e. The molecule has 120 valence electrons. The molecule has 1 saturated carbocycles. The van der Waals surface area contributed by atoms with Gasteiger partial charge in [0.2, 0.25) is 0 Å². The van der Waals surface area contributed by atoms with Crippen molar-refractivity contribution in [2.24, 2.45) is 5.92 Å². The lowest BCUT2D eigenvalue weighted by atomic mass is 9.90. The fraction of sp³-hybridized carbons (Fsp3) is 0.632. The summed E-state index contributed by atoms with van der Waals surface area (Å²) >= 11 is 0. The van der Waals surface area contributed by atoms with Crippen LogP contribution in [-0.4, -0.2) is 25.2 Å². The third-order valence-electron chi connectivity index (χ3n) is 5.11. The van der Waals surface area contributed by atoms with E-state index in [1.807, 2.05) is 11.0 Å². The van der Waals surface area contributed by atoms with Crippen molar-refractivity contribution in [3.8, 4) is 0 Å². The first kappa shape index (κ1) is 15.5. The van der Waals surface area contributed by atoms with Crippen molar-refractivity contribution in [3.63, 3.8) is 0 Å². The van der Waals surface area contributed by atoms with Gasteiger partial charge in [-0.05, 0) is 30.4 Å². The largest absolute Gasteiger partial charge is 0.368 e. The van der Waals surface area contributed by atoms with Crippen LogP contribution in [0.1, 0.15) is 57.4 Å². The fourth-order valence-corrected chi connectivity index (χ4v) is 3.75. The predicted octanol–water partition coefficient (Wildman–Crippen LogP) is 4.12. The van der Waals surface area contributed by atoms with Gasteiger partial charge in [0.05, 0.1) is 6.10 Å². The van der Waals surface area contributed by atoms with Crippen molar-refractivity contribution < 1.29 is 9.53 Å². The molecular formula is C19H27NO2. The Bertz CT molecular complexity index is 520. The lowest BCUT2D eigenvalue weighted by Crippen LogP contribution is -2.35. The molecular weight excluding hydrogens is 274 g/mol. The molecule has 1 aliphatic carbocycles. The van der Waals surface area contributed by atoms with E-state index in [-0.39, 0.29) is 18.6 Å². The molecule has 1 aromatic carbocycles. The maximum Gasteiger partial charge on any atom is 0.253 e. The van der Waals surface area contributed by atoms with Gasteiger partial charge in [-0.2, -0.15) is 0 Å². The van der Waals surface area contributed by atoms with E-state index in [9.17, 15) is 4.79 Å². The molecule has 0 radical (unpaired) electrons. The number of hydrogen-bond donors (Lipinski definition) is 0. The highest BCUT2D eigenvalue weighted by Gasteiger charge is 2.33. The van der Waals surface area contributed by atoms with Crippen LogP contribution in [0.5, 0.6) is 0 Å². The van der Waals surface area contributed by atoms with E-state index in [1.165, 1.54) is 24.8 Å². The fourth-order valence-electron chi connectivity index (χ4n) is 3.75. The summed E-state index contributed by atoms with van der Waals surface area (Å²) < 4.78 is 5.88. The Balaban J connectivity index is 1.65. The van der Waals surface area contributed by atoms with Gasteiger partial charge >= 0.3 is 0 Å². The van der Waals surface area contributed by atoms with Crippen LogP contribution >= 0.6 is 0 Å². The van der Waals surface area contributed by atoms with Gasteiger partial charge in [0.1, 0.15) is 6.61 Å². The van der Waals surface area contributed by atoms with Gasteiger partial charge in [-0.1, -0.05) is 51.3 Å². The molecule has 1 amide bonds. The number of rotatable bonds is 4. The van der Waals surface area contributed by atoms with Gasteiger partial charge in [-0.3, -0.25) is 4.79 Å². The number of fused-ring (bicyclic) bond motifs is 1. The van der Waals surface area contributed by atoms with Crippen molar-refractivity contribution >= 4 is 11.6 Å². The minimum atomic E-state index is 0.112. The maximum absolute atomic E-state index is 12.6. The van der Waals surface area contributed by atoms with E-state index in [0.29, 0.717) is 11.8 Å². The second-order valence-electron chi connectivity index (χ2n) is 6.98. The quantitative estimate of drug-likeness (QED) is 0.837. The van der Waals surface area contributed by atoms with E-state index in [1.54, 1.807) is 0 Å². The predicted molar refractivity (Wildman–Crippen MR) is 89.2 cm³/mol. The van der Waals surface area contributed by atoms with Gasteiger partial charge in [-0.25, -0.2) is 0 Å². The molecule has 0 saturated heterocycles. The number of carbonyl (C=O) groups excluding carboxylic acids is 1. The molecule has 3 nitrogen and oxygen atoms in total. The van der Waals surface area contributed by atoms with Crippen LogP contribution in [0.25, 0.3) is 0 Å². The Morgan fingerprint density at radius 3 is 2.68 bits per heavy atom. The van der Waals surface area contributed by atoms with Crippen LogP contribution < -0.4 is 4.90 Å². The molecule has 1 aromatic rings. The Morgan fingerprint density at radius 1 is 1.23 bits per heavy atom. The zero-order chi connectivity index (χ0) is 15.5. The van der Waals surface area contributed by atoms with Gasteiger partial charge < -0.3 is 9.64 Å². The molecule has 1 atom stereocenters. The molecule has 2 aliphatic rings. The average molecular weight is 301 g/mol. The van der Waals surface area contributed by atoms with Crippen molar-refractivity contribution in [1.29, 1.82) is 0 Å². The normalized spacial score (nSPS) is 22.1. The zero-order valence-corrected chi connectivity index (χ0v) is 13.8. The number of carbonyl (C=O) groups is 1.